The molecule has 1 N–H and O–H groups in total. The summed E-state index contributed by atoms with van der Waals surface area (Å²) >= 11 is 1.33. The van der Waals surface area contributed by atoms with Crippen LogP contribution in [-0.4, -0.2) is 43.8 Å². The van der Waals surface area contributed by atoms with Crippen molar-refractivity contribution in [2.75, 3.05) is 23.3 Å². The van der Waals surface area contributed by atoms with Crippen LogP contribution >= 0.6 is 11.8 Å². The summed E-state index contributed by atoms with van der Waals surface area (Å²) in [6.45, 7) is 7.98. The van der Waals surface area contributed by atoms with E-state index in [0.29, 0.717) is 10.9 Å². The van der Waals surface area contributed by atoms with Gasteiger partial charge in [-0.1, -0.05) is 11.8 Å². The topological polar surface area (TPSA) is 75.4 Å². The van der Waals surface area contributed by atoms with E-state index in [1.807, 2.05) is 39.0 Å². The molecule has 152 valence electrons. The molecule has 2 aromatic heterocycles. The quantitative estimate of drug-likeness (QED) is 0.644. The average molecular weight is 411 g/mol. The molecule has 0 bridgehead atoms. The summed E-state index contributed by atoms with van der Waals surface area (Å²) in [5.41, 5.74) is 3.90. The van der Waals surface area contributed by atoms with Crippen molar-refractivity contribution in [2.24, 2.45) is 0 Å². The van der Waals surface area contributed by atoms with Crippen LogP contribution in [0.5, 0.6) is 0 Å². The smallest absolute Gasteiger partial charge is 0.253 e. The SMILES string of the molecule is Cc1cc(C)n2nc(SC(C)C(=O)Nc3ccc(N4CCCCC4)cc3)nc2n1. The normalized spacial score (nSPS) is 15.5. The van der Waals surface area contributed by atoms with Crippen LogP contribution in [0.3, 0.4) is 0 Å². The van der Waals surface area contributed by atoms with Gasteiger partial charge in [-0.3, -0.25) is 4.79 Å². The molecule has 1 unspecified atom stereocenters. The fraction of sp³-hybridized carbons (Fsp3) is 0.429. The maximum absolute atomic E-state index is 12.6. The highest BCUT2D eigenvalue weighted by Gasteiger charge is 2.19. The number of carbonyl (C=O) groups excluding carboxylic acids is 1. The summed E-state index contributed by atoms with van der Waals surface area (Å²) in [6.07, 6.45) is 3.81. The molecule has 8 heteroatoms. The highest BCUT2D eigenvalue weighted by Crippen LogP contribution is 2.24. The van der Waals surface area contributed by atoms with Gasteiger partial charge < -0.3 is 10.2 Å². The molecule has 4 rings (SSSR count). The minimum atomic E-state index is -0.324. The molecular weight excluding hydrogens is 384 g/mol. The van der Waals surface area contributed by atoms with Gasteiger partial charge in [-0.2, -0.15) is 4.98 Å². The summed E-state index contributed by atoms with van der Waals surface area (Å²) < 4.78 is 1.71. The molecule has 1 amide bonds. The number of fused-ring (bicyclic) bond motifs is 1. The van der Waals surface area contributed by atoms with E-state index in [4.69, 9.17) is 0 Å². The lowest BCUT2D eigenvalue weighted by Gasteiger charge is -2.28. The molecule has 1 fully saturated rings. The Morgan fingerprint density at radius 1 is 1.10 bits per heavy atom. The van der Waals surface area contributed by atoms with Gasteiger partial charge in [0.1, 0.15) is 0 Å². The molecule has 1 aromatic carbocycles. The number of aromatic nitrogens is 4. The van der Waals surface area contributed by atoms with Crippen LogP contribution in [-0.2, 0) is 4.79 Å². The molecule has 0 aliphatic carbocycles. The molecule has 1 saturated heterocycles. The van der Waals surface area contributed by atoms with Crippen molar-refractivity contribution in [3.05, 3.63) is 41.7 Å². The Hall–Kier alpha value is -2.61. The number of hydrogen-bond donors (Lipinski definition) is 1. The molecule has 0 radical (unpaired) electrons. The first-order valence-corrected chi connectivity index (χ1v) is 10.9. The second-order valence-electron chi connectivity index (χ2n) is 7.49. The number of benzene rings is 1. The number of rotatable bonds is 5. The van der Waals surface area contributed by atoms with Gasteiger partial charge in [0, 0.05) is 35.9 Å². The van der Waals surface area contributed by atoms with Crippen LogP contribution in [0, 0.1) is 13.8 Å². The van der Waals surface area contributed by atoms with Crippen molar-refractivity contribution in [3.63, 3.8) is 0 Å². The Labute approximate surface area is 174 Å². The molecular formula is C21H26N6OS. The van der Waals surface area contributed by atoms with Gasteiger partial charge in [-0.15, -0.1) is 5.10 Å². The molecule has 1 aliphatic heterocycles. The van der Waals surface area contributed by atoms with Crippen molar-refractivity contribution >= 4 is 34.8 Å². The molecule has 3 aromatic rings. The van der Waals surface area contributed by atoms with E-state index in [-0.39, 0.29) is 11.2 Å². The lowest BCUT2D eigenvalue weighted by molar-refractivity contribution is -0.115. The van der Waals surface area contributed by atoms with E-state index < -0.39 is 0 Å². The monoisotopic (exact) mass is 410 g/mol. The Bertz CT molecular complexity index is 1010. The van der Waals surface area contributed by atoms with Gasteiger partial charge in [0.2, 0.25) is 11.1 Å². The number of piperidine rings is 1. The lowest BCUT2D eigenvalue weighted by Crippen LogP contribution is -2.29. The van der Waals surface area contributed by atoms with E-state index in [1.165, 1.54) is 36.7 Å². The Morgan fingerprint density at radius 3 is 2.55 bits per heavy atom. The van der Waals surface area contributed by atoms with Crippen LogP contribution in [0.25, 0.3) is 5.78 Å². The zero-order valence-corrected chi connectivity index (χ0v) is 17.9. The highest BCUT2D eigenvalue weighted by atomic mass is 32.2. The van der Waals surface area contributed by atoms with E-state index in [2.05, 4.69) is 37.4 Å². The van der Waals surface area contributed by atoms with Crippen LogP contribution < -0.4 is 10.2 Å². The summed E-state index contributed by atoms with van der Waals surface area (Å²) in [5, 5.41) is 7.68. The van der Waals surface area contributed by atoms with Gasteiger partial charge in [-0.05, 0) is 70.4 Å². The van der Waals surface area contributed by atoms with Crippen molar-refractivity contribution in [2.45, 2.75) is 50.4 Å². The summed E-state index contributed by atoms with van der Waals surface area (Å²) in [5.74, 6) is 0.492. The number of carbonyl (C=O) groups is 1. The first-order chi connectivity index (χ1) is 14.0. The Balaban J connectivity index is 1.38. The minimum Gasteiger partial charge on any atom is -0.372 e. The fourth-order valence-corrected chi connectivity index (χ4v) is 4.31. The summed E-state index contributed by atoms with van der Waals surface area (Å²) in [7, 11) is 0. The summed E-state index contributed by atoms with van der Waals surface area (Å²) in [4.78, 5) is 23.9. The molecule has 3 heterocycles. The molecule has 0 saturated carbocycles. The first-order valence-electron chi connectivity index (χ1n) is 10.0. The van der Waals surface area contributed by atoms with Crippen molar-refractivity contribution in [3.8, 4) is 0 Å². The van der Waals surface area contributed by atoms with Crippen LogP contribution in [0.15, 0.2) is 35.5 Å². The maximum Gasteiger partial charge on any atom is 0.253 e. The van der Waals surface area contributed by atoms with Crippen molar-refractivity contribution in [1.29, 1.82) is 0 Å². The Kier molecular flexibility index (Phi) is 5.71. The summed E-state index contributed by atoms with van der Waals surface area (Å²) in [6, 6.07) is 10.1. The van der Waals surface area contributed by atoms with Crippen LogP contribution in [0.2, 0.25) is 0 Å². The zero-order chi connectivity index (χ0) is 20.4. The van der Waals surface area contributed by atoms with E-state index in [0.717, 1.165) is 30.2 Å². The predicted octanol–water partition coefficient (Wildman–Crippen LogP) is 3.85. The van der Waals surface area contributed by atoms with E-state index in [9.17, 15) is 4.79 Å². The fourth-order valence-electron chi connectivity index (χ4n) is 3.56. The van der Waals surface area contributed by atoms with Gasteiger partial charge in [0.15, 0.2) is 0 Å². The third-order valence-electron chi connectivity index (χ3n) is 5.11. The number of hydrogen-bond acceptors (Lipinski definition) is 6. The number of nitrogens with one attached hydrogen (secondary N) is 1. The molecule has 1 aliphatic rings. The van der Waals surface area contributed by atoms with E-state index >= 15 is 0 Å². The van der Waals surface area contributed by atoms with Gasteiger partial charge >= 0.3 is 0 Å². The van der Waals surface area contributed by atoms with Gasteiger partial charge in [-0.25, -0.2) is 9.50 Å². The molecule has 0 spiro atoms. The number of thioether (sulfide) groups is 1. The molecule has 29 heavy (non-hydrogen) atoms. The standard InChI is InChI=1S/C21H26N6OS/c1-14-13-15(2)27-20(22-14)24-21(25-27)29-16(3)19(28)23-17-7-9-18(10-8-17)26-11-5-4-6-12-26/h7-10,13,16H,4-6,11-12H2,1-3H3,(H,23,28). The van der Waals surface area contributed by atoms with Crippen molar-refractivity contribution in [1.82, 2.24) is 19.6 Å². The minimum absolute atomic E-state index is 0.0690. The van der Waals surface area contributed by atoms with Crippen LogP contribution in [0.1, 0.15) is 37.6 Å². The number of aryl methyl sites for hydroxylation is 2. The highest BCUT2D eigenvalue weighted by molar-refractivity contribution is 8.00. The Morgan fingerprint density at radius 2 is 1.83 bits per heavy atom. The van der Waals surface area contributed by atoms with Crippen LogP contribution in [0.4, 0.5) is 11.4 Å². The van der Waals surface area contributed by atoms with E-state index in [1.54, 1.807) is 4.52 Å². The number of anilines is 2. The largest absolute Gasteiger partial charge is 0.372 e. The number of nitrogens with zero attached hydrogens (tertiary/aromatic N) is 5. The average Bonchev–Trinajstić information content (AvgIpc) is 3.12. The second-order valence-corrected chi connectivity index (χ2v) is 8.80. The van der Waals surface area contributed by atoms with Gasteiger partial charge in [0.25, 0.3) is 5.78 Å². The first kappa shape index (κ1) is 19.7. The van der Waals surface area contributed by atoms with Crippen molar-refractivity contribution < 1.29 is 4.79 Å². The third-order valence-corrected chi connectivity index (χ3v) is 6.06. The molecule has 1 atom stereocenters. The maximum atomic E-state index is 12.6. The third kappa shape index (κ3) is 4.53. The molecule has 7 nitrogen and oxygen atoms in total. The lowest BCUT2D eigenvalue weighted by atomic mass is 10.1. The zero-order valence-electron chi connectivity index (χ0n) is 17.1. The van der Waals surface area contributed by atoms with Gasteiger partial charge in [0.05, 0.1) is 5.25 Å². The number of amides is 1. The predicted molar refractivity (Wildman–Crippen MR) is 117 cm³/mol. The second kappa shape index (κ2) is 8.41.